The van der Waals surface area contributed by atoms with E-state index in [1.807, 2.05) is 28.8 Å². The minimum Gasteiger partial charge on any atom is -0.337 e. The van der Waals surface area contributed by atoms with Crippen molar-refractivity contribution in [1.29, 1.82) is 0 Å². The zero-order valence-corrected chi connectivity index (χ0v) is 12.4. The highest BCUT2D eigenvalue weighted by atomic mass is 35.5. The highest BCUT2D eigenvalue weighted by molar-refractivity contribution is 6.30. The highest BCUT2D eigenvalue weighted by Crippen LogP contribution is 2.27. The molecule has 3 heterocycles. The molecule has 110 valence electrons. The molecule has 1 saturated heterocycles. The Balaban J connectivity index is 1.51. The molecular formula is C16H13ClN4O. The van der Waals surface area contributed by atoms with Crippen LogP contribution in [0.1, 0.15) is 22.1 Å². The lowest BCUT2D eigenvalue weighted by Crippen LogP contribution is -2.49. The maximum Gasteiger partial charge on any atom is 0.253 e. The molecule has 0 unspecified atom stereocenters. The van der Waals surface area contributed by atoms with Crippen molar-refractivity contribution in [2.75, 3.05) is 13.1 Å². The number of halogens is 1. The van der Waals surface area contributed by atoms with Crippen molar-refractivity contribution in [2.24, 2.45) is 0 Å². The van der Waals surface area contributed by atoms with E-state index in [1.54, 1.807) is 29.2 Å². The van der Waals surface area contributed by atoms with Crippen molar-refractivity contribution in [3.8, 4) is 0 Å². The van der Waals surface area contributed by atoms with Gasteiger partial charge in [0.05, 0.1) is 5.92 Å². The maximum atomic E-state index is 12.4. The third-order valence-electron chi connectivity index (χ3n) is 3.95. The molecule has 2 aromatic heterocycles. The lowest BCUT2D eigenvalue weighted by atomic mass is 9.98. The standard InChI is InChI=1S/C16H13ClN4O/c17-13-5-3-4-11(8-13)16(22)20-9-12(10-20)15-19-18-14-6-1-2-7-21(14)15/h1-8,12H,9-10H2. The molecule has 1 amide bonds. The second-order valence-corrected chi connectivity index (χ2v) is 5.84. The molecule has 0 spiro atoms. The Morgan fingerprint density at radius 3 is 2.82 bits per heavy atom. The smallest absolute Gasteiger partial charge is 0.253 e. The van der Waals surface area contributed by atoms with Gasteiger partial charge in [0.25, 0.3) is 5.91 Å². The Morgan fingerprint density at radius 1 is 1.14 bits per heavy atom. The number of rotatable bonds is 2. The molecule has 22 heavy (non-hydrogen) atoms. The Kier molecular flexibility index (Phi) is 3.08. The number of nitrogens with zero attached hydrogens (tertiary/aromatic N) is 4. The van der Waals surface area contributed by atoms with Crippen molar-refractivity contribution in [1.82, 2.24) is 19.5 Å². The van der Waals surface area contributed by atoms with E-state index < -0.39 is 0 Å². The number of amides is 1. The van der Waals surface area contributed by atoms with Crippen molar-refractivity contribution < 1.29 is 4.79 Å². The molecule has 0 bridgehead atoms. The van der Waals surface area contributed by atoms with Crippen LogP contribution in [0.2, 0.25) is 5.02 Å². The van der Waals surface area contributed by atoms with Crippen LogP contribution in [0.15, 0.2) is 48.7 Å². The van der Waals surface area contributed by atoms with Gasteiger partial charge < -0.3 is 4.90 Å². The number of aromatic nitrogens is 3. The van der Waals surface area contributed by atoms with Crippen LogP contribution >= 0.6 is 11.6 Å². The van der Waals surface area contributed by atoms with Crippen molar-refractivity contribution in [3.63, 3.8) is 0 Å². The predicted molar refractivity (Wildman–Crippen MR) is 83.1 cm³/mol. The first kappa shape index (κ1) is 13.3. The Hall–Kier alpha value is -2.40. The van der Waals surface area contributed by atoms with Gasteiger partial charge in [0, 0.05) is 29.9 Å². The molecule has 0 atom stereocenters. The van der Waals surface area contributed by atoms with Crippen LogP contribution in [0, 0.1) is 0 Å². The SMILES string of the molecule is O=C(c1cccc(Cl)c1)N1CC(c2nnc3ccccn23)C1. The van der Waals surface area contributed by atoms with Crippen molar-refractivity contribution >= 4 is 23.2 Å². The number of pyridine rings is 1. The van der Waals surface area contributed by atoms with Crippen LogP contribution in [0.4, 0.5) is 0 Å². The zero-order valence-electron chi connectivity index (χ0n) is 11.7. The summed E-state index contributed by atoms with van der Waals surface area (Å²) in [6.07, 6.45) is 1.95. The molecular weight excluding hydrogens is 300 g/mol. The van der Waals surface area contributed by atoms with E-state index in [4.69, 9.17) is 11.6 Å². The van der Waals surface area contributed by atoms with Gasteiger partial charge >= 0.3 is 0 Å². The molecule has 1 fully saturated rings. The van der Waals surface area contributed by atoms with E-state index >= 15 is 0 Å². The summed E-state index contributed by atoms with van der Waals surface area (Å²) in [6.45, 7) is 1.31. The largest absolute Gasteiger partial charge is 0.337 e. The summed E-state index contributed by atoms with van der Waals surface area (Å²) in [5, 5.41) is 8.98. The molecule has 0 radical (unpaired) electrons. The van der Waals surface area contributed by atoms with Gasteiger partial charge in [0.1, 0.15) is 5.82 Å². The van der Waals surface area contributed by atoms with E-state index in [0.717, 1.165) is 11.5 Å². The summed E-state index contributed by atoms with van der Waals surface area (Å²) < 4.78 is 1.98. The van der Waals surface area contributed by atoms with Gasteiger partial charge in [-0.3, -0.25) is 9.20 Å². The van der Waals surface area contributed by atoms with Gasteiger partial charge in [-0.15, -0.1) is 10.2 Å². The number of fused-ring (bicyclic) bond motifs is 1. The summed E-state index contributed by atoms with van der Waals surface area (Å²) in [6, 6.07) is 12.8. The van der Waals surface area contributed by atoms with Crippen LogP contribution in [0.25, 0.3) is 5.65 Å². The molecule has 0 aliphatic carbocycles. The first-order valence-corrected chi connectivity index (χ1v) is 7.44. The molecule has 1 aliphatic heterocycles. The van der Waals surface area contributed by atoms with Gasteiger partial charge in [0.2, 0.25) is 0 Å². The summed E-state index contributed by atoms with van der Waals surface area (Å²) >= 11 is 5.94. The van der Waals surface area contributed by atoms with E-state index in [1.165, 1.54) is 0 Å². The van der Waals surface area contributed by atoms with Crippen LogP contribution in [0.3, 0.4) is 0 Å². The van der Waals surface area contributed by atoms with Crippen molar-refractivity contribution in [2.45, 2.75) is 5.92 Å². The van der Waals surface area contributed by atoms with Gasteiger partial charge in [-0.25, -0.2) is 0 Å². The predicted octanol–water partition coefficient (Wildman–Crippen LogP) is 2.62. The van der Waals surface area contributed by atoms with E-state index in [0.29, 0.717) is 23.7 Å². The van der Waals surface area contributed by atoms with Crippen LogP contribution in [0.5, 0.6) is 0 Å². The van der Waals surface area contributed by atoms with Gasteiger partial charge in [-0.2, -0.15) is 0 Å². The van der Waals surface area contributed by atoms with E-state index in [9.17, 15) is 4.79 Å². The van der Waals surface area contributed by atoms with Crippen molar-refractivity contribution in [3.05, 3.63) is 65.1 Å². The lowest BCUT2D eigenvalue weighted by molar-refractivity contribution is 0.0593. The molecule has 6 heteroatoms. The van der Waals surface area contributed by atoms with Gasteiger partial charge in [0.15, 0.2) is 5.65 Å². The van der Waals surface area contributed by atoms with E-state index in [2.05, 4.69) is 10.2 Å². The number of benzene rings is 1. The van der Waals surface area contributed by atoms with Crippen LogP contribution < -0.4 is 0 Å². The fourth-order valence-corrected chi connectivity index (χ4v) is 2.94. The van der Waals surface area contributed by atoms with E-state index in [-0.39, 0.29) is 11.8 Å². The quantitative estimate of drug-likeness (QED) is 0.731. The number of hydrogen-bond donors (Lipinski definition) is 0. The Bertz CT molecular complexity index is 854. The minimum absolute atomic E-state index is 0.00701. The molecule has 1 aromatic carbocycles. The second kappa shape index (κ2) is 5.10. The lowest BCUT2D eigenvalue weighted by Gasteiger charge is -2.38. The molecule has 3 aromatic rings. The summed E-state index contributed by atoms with van der Waals surface area (Å²) in [7, 11) is 0. The highest BCUT2D eigenvalue weighted by Gasteiger charge is 2.35. The zero-order chi connectivity index (χ0) is 15.1. The topological polar surface area (TPSA) is 50.5 Å². The van der Waals surface area contributed by atoms with Crippen LogP contribution in [-0.2, 0) is 0 Å². The molecule has 4 rings (SSSR count). The average Bonchev–Trinajstić information content (AvgIpc) is 2.90. The first-order valence-electron chi connectivity index (χ1n) is 7.07. The maximum absolute atomic E-state index is 12.4. The number of likely N-dealkylation sites (tertiary alicyclic amines) is 1. The summed E-state index contributed by atoms with van der Waals surface area (Å²) in [5.74, 6) is 1.14. The molecule has 0 saturated carbocycles. The van der Waals surface area contributed by atoms with Crippen LogP contribution in [-0.4, -0.2) is 38.5 Å². The average molecular weight is 313 g/mol. The number of hydrogen-bond acceptors (Lipinski definition) is 3. The number of carbonyl (C=O) groups excluding carboxylic acids is 1. The van der Waals surface area contributed by atoms with Gasteiger partial charge in [-0.1, -0.05) is 23.7 Å². The summed E-state index contributed by atoms with van der Waals surface area (Å²) in [5.41, 5.74) is 1.45. The fraction of sp³-hybridized carbons (Fsp3) is 0.188. The monoisotopic (exact) mass is 312 g/mol. The third-order valence-corrected chi connectivity index (χ3v) is 4.18. The first-order chi connectivity index (χ1) is 10.7. The number of carbonyl (C=O) groups is 1. The fourth-order valence-electron chi connectivity index (χ4n) is 2.75. The summed E-state index contributed by atoms with van der Waals surface area (Å²) in [4.78, 5) is 14.2. The molecule has 1 aliphatic rings. The molecule has 5 nitrogen and oxygen atoms in total. The molecule has 0 N–H and O–H groups in total. The van der Waals surface area contributed by atoms with Gasteiger partial charge in [-0.05, 0) is 30.3 Å². The third kappa shape index (κ3) is 2.14. The second-order valence-electron chi connectivity index (χ2n) is 5.40. The Morgan fingerprint density at radius 2 is 2.00 bits per heavy atom. The normalized spacial score (nSPS) is 15.0. The Labute approximate surface area is 132 Å². The minimum atomic E-state index is 0.00701.